The van der Waals surface area contributed by atoms with Crippen molar-refractivity contribution in [2.75, 3.05) is 10.6 Å². The summed E-state index contributed by atoms with van der Waals surface area (Å²) in [4.78, 5) is 22.9. The van der Waals surface area contributed by atoms with Crippen LogP contribution in [0.4, 0.5) is 34.6 Å². The van der Waals surface area contributed by atoms with E-state index in [1.165, 1.54) is 30.9 Å². The van der Waals surface area contributed by atoms with E-state index in [-0.39, 0.29) is 38.9 Å². The lowest BCUT2D eigenvalue weighted by molar-refractivity contribution is -0.432. The zero-order chi connectivity index (χ0) is 38.5. The van der Waals surface area contributed by atoms with Crippen molar-refractivity contribution in [1.29, 1.82) is 0 Å². The third-order valence-electron chi connectivity index (χ3n) is 8.53. The van der Waals surface area contributed by atoms with Gasteiger partial charge in [0.2, 0.25) is 11.9 Å². The average Bonchev–Trinajstić information content (AvgIpc) is 3.14. The first-order valence-corrected chi connectivity index (χ1v) is 19.8. The standard InChI is InChI=1S/C37H43N7O8S2/c1-3-5-7-9-11-24-13-17-27(18-14-24)38-35-40-36(42-37(46)41-35)39-30-23-29(54(48,49)50)21-26-22-31(53-52-51-47)33(34(45)32(26)30)44-43-28-19-15-25(16-20-28)12-10-8-6-4-2/h13-23,45,47H,3-12H2,1-2H3,(H,48,49,50)(H3,38,39,40,41,42,46). The van der Waals surface area contributed by atoms with Gasteiger partial charge < -0.3 is 15.7 Å². The van der Waals surface area contributed by atoms with Crippen LogP contribution in [-0.2, 0) is 32.3 Å². The third kappa shape index (κ3) is 11.3. The first-order valence-electron chi connectivity index (χ1n) is 17.7. The SMILES string of the molecule is CCCCCCc1ccc(N=Nc2c(SOOO)cc3cc(S(=O)(=O)O)cc(Nc4nc(Nc5ccc(CCCCCC)cc5)nc(=O)[nH]4)c3c2O)cc1. The monoisotopic (exact) mass is 777 g/mol. The number of azo groups is 1. The van der Waals surface area contributed by atoms with Crippen LogP contribution in [0.2, 0.25) is 0 Å². The lowest BCUT2D eigenvalue weighted by Gasteiger charge is -2.15. The Bertz CT molecular complexity index is 2220. The first-order chi connectivity index (χ1) is 26.1. The van der Waals surface area contributed by atoms with Gasteiger partial charge in [-0.15, -0.1) is 9.45 Å². The second-order valence-electron chi connectivity index (χ2n) is 12.6. The molecule has 0 aliphatic carbocycles. The fourth-order valence-electron chi connectivity index (χ4n) is 5.78. The van der Waals surface area contributed by atoms with Gasteiger partial charge in [0.15, 0.2) is 5.75 Å². The summed E-state index contributed by atoms with van der Waals surface area (Å²) in [7, 11) is -4.77. The Morgan fingerprint density at radius 2 is 1.48 bits per heavy atom. The smallest absolute Gasteiger partial charge is 0.351 e. The quantitative estimate of drug-likeness (QED) is 0.0108. The number of anilines is 4. The number of aromatic hydroxyl groups is 1. The summed E-state index contributed by atoms with van der Waals surface area (Å²) < 4.78 is 39.3. The van der Waals surface area contributed by atoms with Crippen LogP contribution >= 0.6 is 12.0 Å². The number of unbranched alkanes of at least 4 members (excludes halogenated alkanes) is 6. The van der Waals surface area contributed by atoms with Crippen molar-refractivity contribution < 1.29 is 32.7 Å². The molecule has 0 spiro atoms. The fourth-order valence-corrected chi connectivity index (χ4v) is 6.82. The molecule has 4 aromatic carbocycles. The molecule has 286 valence electrons. The summed E-state index contributed by atoms with van der Waals surface area (Å²) in [5.74, 6) is -0.703. The van der Waals surface area contributed by atoms with Crippen LogP contribution in [0, 0.1) is 0 Å². The second-order valence-corrected chi connectivity index (χ2v) is 14.8. The number of hydrogen-bond donors (Lipinski definition) is 6. The largest absolute Gasteiger partial charge is 0.505 e. The Hall–Kier alpha value is -4.91. The van der Waals surface area contributed by atoms with E-state index in [0.717, 1.165) is 62.6 Å². The Morgan fingerprint density at radius 1 is 0.833 bits per heavy atom. The number of aryl methyl sites for hydroxylation is 2. The molecule has 0 aliphatic heterocycles. The van der Waals surface area contributed by atoms with Crippen LogP contribution in [0.3, 0.4) is 0 Å². The topological polar surface area (TPSA) is 221 Å². The Labute approximate surface area is 317 Å². The minimum absolute atomic E-state index is 0.0246. The van der Waals surface area contributed by atoms with E-state index < -0.39 is 26.5 Å². The highest BCUT2D eigenvalue weighted by Gasteiger charge is 2.22. The molecule has 1 aromatic heterocycles. The normalized spacial score (nSPS) is 11.8. The maximum atomic E-state index is 12.6. The van der Waals surface area contributed by atoms with Crippen LogP contribution < -0.4 is 16.3 Å². The maximum Gasteiger partial charge on any atom is 0.351 e. The minimum atomic E-state index is -4.77. The number of fused-ring (bicyclic) bond motifs is 1. The number of phenolic OH excluding ortho intramolecular Hbond substituents is 1. The number of H-pyrrole nitrogens is 1. The Morgan fingerprint density at radius 3 is 2.09 bits per heavy atom. The number of hydrogen-bond acceptors (Lipinski definition) is 14. The Kier molecular flexibility index (Phi) is 14.5. The molecule has 0 radical (unpaired) electrons. The van der Waals surface area contributed by atoms with Gasteiger partial charge in [0.05, 0.1) is 33.2 Å². The first kappa shape index (κ1) is 40.3. The van der Waals surface area contributed by atoms with E-state index in [1.807, 2.05) is 36.4 Å². The van der Waals surface area contributed by atoms with Crippen molar-refractivity contribution in [2.45, 2.75) is 87.8 Å². The molecule has 1 heterocycles. The van der Waals surface area contributed by atoms with Crippen molar-refractivity contribution in [1.82, 2.24) is 15.0 Å². The van der Waals surface area contributed by atoms with Gasteiger partial charge in [0.25, 0.3) is 10.1 Å². The number of nitrogens with one attached hydrogen (secondary N) is 3. The van der Waals surface area contributed by atoms with E-state index >= 15 is 0 Å². The molecule has 0 bridgehead atoms. The third-order valence-corrected chi connectivity index (χ3v) is 9.98. The fraction of sp³-hybridized carbons (Fsp3) is 0.324. The van der Waals surface area contributed by atoms with E-state index in [9.17, 15) is 22.9 Å². The number of phenols is 1. The lowest BCUT2D eigenvalue weighted by atomic mass is 10.1. The van der Waals surface area contributed by atoms with Crippen molar-refractivity contribution in [2.24, 2.45) is 10.2 Å². The molecule has 5 rings (SSSR count). The molecule has 0 saturated heterocycles. The number of rotatable bonds is 20. The van der Waals surface area contributed by atoms with Crippen LogP contribution in [0.25, 0.3) is 10.8 Å². The number of aromatic amines is 1. The molecule has 0 unspecified atom stereocenters. The van der Waals surface area contributed by atoms with Crippen molar-refractivity contribution >= 4 is 67.6 Å². The highest BCUT2D eigenvalue weighted by molar-refractivity contribution is 7.94. The van der Waals surface area contributed by atoms with Gasteiger partial charge in [-0.25, -0.2) is 10.1 Å². The van der Waals surface area contributed by atoms with Crippen molar-refractivity contribution in [3.63, 3.8) is 0 Å². The summed E-state index contributed by atoms with van der Waals surface area (Å²) in [6, 6.07) is 18.7. The van der Waals surface area contributed by atoms with E-state index in [2.05, 4.69) is 59.0 Å². The van der Waals surface area contributed by atoms with Crippen LogP contribution in [0.1, 0.15) is 76.3 Å². The van der Waals surface area contributed by atoms with Crippen LogP contribution in [0.15, 0.2) is 91.5 Å². The van der Waals surface area contributed by atoms with Gasteiger partial charge in [0.1, 0.15) is 5.69 Å². The molecule has 5 aromatic rings. The van der Waals surface area contributed by atoms with Crippen molar-refractivity contribution in [3.05, 3.63) is 88.3 Å². The number of aromatic nitrogens is 3. The zero-order valence-corrected chi connectivity index (χ0v) is 31.5. The molecule has 0 amide bonds. The highest BCUT2D eigenvalue weighted by atomic mass is 32.2. The molecule has 0 aliphatic rings. The molecule has 0 fully saturated rings. The lowest BCUT2D eigenvalue weighted by Crippen LogP contribution is -2.16. The predicted molar refractivity (Wildman–Crippen MR) is 208 cm³/mol. The maximum absolute atomic E-state index is 12.6. The molecule has 6 N–H and O–H groups in total. The number of benzene rings is 4. The summed E-state index contributed by atoms with van der Waals surface area (Å²) in [5, 5.41) is 38.8. The summed E-state index contributed by atoms with van der Waals surface area (Å²) in [6.45, 7) is 4.34. The second kappa shape index (κ2) is 19.4. The zero-order valence-electron chi connectivity index (χ0n) is 29.9. The van der Waals surface area contributed by atoms with Gasteiger partial charge in [-0.1, -0.05) is 81.7 Å². The van der Waals surface area contributed by atoms with E-state index in [4.69, 9.17) is 5.26 Å². The molecule has 15 nitrogen and oxygen atoms in total. The van der Waals surface area contributed by atoms with E-state index in [0.29, 0.717) is 23.4 Å². The molecule has 54 heavy (non-hydrogen) atoms. The van der Waals surface area contributed by atoms with Gasteiger partial charge in [-0.05, 0) is 84.7 Å². The molecule has 17 heteroatoms. The van der Waals surface area contributed by atoms with Crippen molar-refractivity contribution in [3.8, 4) is 5.75 Å². The van der Waals surface area contributed by atoms with Crippen LogP contribution in [0.5, 0.6) is 5.75 Å². The highest BCUT2D eigenvalue weighted by Crippen LogP contribution is 2.47. The molecule has 0 atom stereocenters. The van der Waals surface area contributed by atoms with Crippen LogP contribution in [-0.4, -0.2) is 38.3 Å². The summed E-state index contributed by atoms with van der Waals surface area (Å²) >= 11 is 0.466. The minimum Gasteiger partial charge on any atom is -0.505 e. The summed E-state index contributed by atoms with van der Waals surface area (Å²) in [5.41, 5.74) is 2.48. The Balaban J connectivity index is 1.48. The molecule has 0 saturated carbocycles. The summed E-state index contributed by atoms with van der Waals surface area (Å²) in [6.07, 6.45) is 11.1. The number of nitrogens with zero attached hydrogens (tertiary/aromatic N) is 4. The van der Waals surface area contributed by atoms with E-state index in [1.54, 1.807) is 12.1 Å². The van der Waals surface area contributed by atoms with Gasteiger partial charge >= 0.3 is 5.69 Å². The van der Waals surface area contributed by atoms with Gasteiger partial charge in [-0.3, -0.25) is 9.54 Å². The molecular formula is C37H43N7O8S2. The average molecular weight is 778 g/mol. The van der Waals surface area contributed by atoms with Gasteiger partial charge in [-0.2, -0.15) is 23.5 Å². The predicted octanol–water partition coefficient (Wildman–Crippen LogP) is 9.85. The molecular weight excluding hydrogens is 735 g/mol. The van der Waals surface area contributed by atoms with Gasteiger partial charge in [0, 0.05) is 11.1 Å².